The zero-order valence-corrected chi connectivity index (χ0v) is 12.8. The van der Waals surface area contributed by atoms with Crippen LogP contribution in [0.5, 0.6) is 0 Å². The molecule has 3 nitrogen and oxygen atoms in total. The zero-order chi connectivity index (χ0) is 13.7. The highest BCUT2D eigenvalue weighted by molar-refractivity contribution is 8.14. The van der Waals surface area contributed by atoms with E-state index in [-0.39, 0.29) is 6.04 Å². The maximum Gasteiger partial charge on any atom is 0.157 e. The summed E-state index contributed by atoms with van der Waals surface area (Å²) >= 11 is 1.90. The molecule has 0 spiro atoms. The van der Waals surface area contributed by atoms with Crippen molar-refractivity contribution in [2.24, 2.45) is 10.9 Å². The molecule has 0 aromatic carbocycles. The summed E-state index contributed by atoms with van der Waals surface area (Å²) in [6.45, 7) is 7.64. The first-order valence-electron chi connectivity index (χ1n) is 7.13. The van der Waals surface area contributed by atoms with Crippen LogP contribution in [-0.2, 0) is 0 Å². The predicted molar refractivity (Wildman–Crippen MR) is 83.5 cm³/mol. The Morgan fingerprint density at radius 2 is 2.16 bits per heavy atom. The van der Waals surface area contributed by atoms with Crippen LogP contribution in [0.3, 0.4) is 0 Å². The Balaban J connectivity index is 1.88. The molecule has 1 aliphatic rings. The number of pyridine rings is 1. The van der Waals surface area contributed by atoms with Crippen molar-refractivity contribution in [1.82, 2.24) is 10.3 Å². The van der Waals surface area contributed by atoms with Gasteiger partial charge < -0.3 is 5.32 Å². The molecule has 2 unspecified atom stereocenters. The van der Waals surface area contributed by atoms with Crippen LogP contribution in [0.2, 0.25) is 0 Å². The van der Waals surface area contributed by atoms with E-state index in [2.05, 4.69) is 42.1 Å². The summed E-state index contributed by atoms with van der Waals surface area (Å²) in [6, 6.07) is 6.24. The van der Waals surface area contributed by atoms with Crippen LogP contribution < -0.4 is 5.32 Å². The number of aliphatic imine (C=N–C) groups is 1. The van der Waals surface area contributed by atoms with Crippen LogP contribution in [0.4, 0.5) is 0 Å². The highest BCUT2D eigenvalue weighted by atomic mass is 32.2. The van der Waals surface area contributed by atoms with E-state index in [4.69, 9.17) is 0 Å². The van der Waals surface area contributed by atoms with Crippen LogP contribution in [0, 0.1) is 5.92 Å². The van der Waals surface area contributed by atoms with Crippen molar-refractivity contribution in [1.29, 1.82) is 0 Å². The minimum atomic E-state index is 0.216. The van der Waals surface area contributed by atoms with Gasteiger partial charge in [0.15, 0.2) is 5.17 Å². The monoisotopic (exact) mass is 277 g/mol. The molecule has 2 atom stereocenters. The number of nitrogens with one attached hydrogen (secondary N) is 1. The molecule has 1 N–H and O–H groups in total. The summed E-state index contributed by atoms with van der Waals surface area (Å²) in [6.07, 6.45) is 4.32. The summed E-state index contributed by atoms with van der Waals surface area (Å²) in [7, 11) is 0. The molecule has 0 radical (unpaired) electrons. The summed E-state index contributed by atoms with van der Waals surface area (Å²) < 4.78 is 0. The second kappa shape index (κ2) is 6.94. The quantitative estimate of drug-likeness (QED) is 0.893. The maximum absolute atomic E-state index is 4.64. The van der Waals surface area contributed by atoms with Gasteiger partial charge >= 0.3 is 0 Å². The van der Waals surface area contributed by atoms with Gasteiger partial charge in [-0.05, 0) is 25.0 Å². The molecule has 0 aliphatic carbocycles. The molecular weight excluding hydrogens is 254 g/mol. The van der Waals surface area contributed by atoms with Crippen LogP contribution in [0.25, 0.3) is 0 Å². The van der Waals surface area contributed by atoms with Gasteiger partial charge in [0.1, 0.15) is 0 Å². The van der Waals surface area contributed by atoms with Crippen molar-refractivity contribution in [3.63, 3.8) is 0 Å². The normalized spacial score (nSPS) is 20.4. The topological polar surface area (TPSA) is 37.3 Å². The number of rotatable bonds is 5. The van der Waals surface area contributed by atoms with Gasteiger partial charge in [-0.15, -0.1) is 0 Å². The Labute approximate surface area is 120 Å². The van der Waals surface area contributed by atoms with Gasteiger partial charge in [0.25, 0.3) is 0 Å². The van der Waals surface area contributed by atoms with Crippen LogP contribution >= 0.6 is 11.8 Å². The SMILES string of the molecule is CCC(CC)C1CN=C(NC(C)c2ccccn2)S1. The van der Waals surface area contributed by atoms with Crippen LogP contribution in [0.15, 0.2) is 29.4 Å². The van der Waals surface area contributed by atoms with E-state index in [0.717, 1.165) is 23.3 Å². The van der Waals surface area contributed by atoms with E-state index in [1.165, 1.54) is 12.8 Å². The molecule has 1 aliphatic heterocycles. The minimum Gasteiger partial charge on any atom is -0.357 e. The third-order valence-electron chi connectivity index (χ3n) is 3.72. The van der Waals surface area contributed by atoms with Crippen molar-refractivity contribution in [3.8, 4) is 0 Å². The highest BCUT2D eigenvalue weighted by Crippen LogP contribution is 2.31. The molecule has 19 heavy (non-hydrogen) atoms. The molecule has 0 saturated heterocycles. The fraction of sp³-hybridized carbons (Fsp3) is 0.600. The van der Waals surface area contributed by atoms with E-state index < -0.39 is 0 Å². The molecule has 1 aromatic rings. The molecule has 0 saturated carbocycles. The second-order valence-corrected chi connectivity index (χ2v) is 6.23. The smallest absolute Gasteiger partial charge is 0.157 e. The lowest BCUT2D eigenvalue weighted by atomic mass is 9.99. The molecule has 2 rings (SSSR count). The molecule has 0 amide bonds. The van der Waals surface area contributed by atoms with Gasteiger partial charge in [0.05, 0.1) is 18.3 Å². The molecule has 0 bridgehead atoms. The number of amidine groups is 1. The van der Waals surface area contributed by atoms with Gasteiger partial charge in [0, 0.05) is 11.4 Å². The number of nitrogens with zero attached hydrogens (tertiary/aromatic N) is 2. The summed E-state index contributed by atoms with van der Waals surface area (Å²) in [5.41, 5.74) is 1.07. The molecule has 4 heteroatoms. The summed E-state index contributed by atoms with van der Waals surface area (Å²) in [4.78, 5) is 9.02. The standard InChI is InChI=1S/C15H23N3S/c1-4-12(5-2)14-10-17-15(19-14)18-11(3)13-8-6-7-9-16-13/h6-9,11-12,14H,4-5,10H2,1-3H3,(H,17,18). The number of hydrogen-bond donors (Lipinski definition) is 1. The lowest BCUT2D eigenvalue weighted by Gasteiger charge is -2.19. The van der Waals surface area contributed by atoms with Gasteiger partial charge in [-0.25, -0.2) is 0 Å². The maximum atomic E-state index is 4.64. The summed E-state index contributed by atoms with van der Waals surface area (Å²) in [5, 5.41) is 5.20. The molecule has 2 heterocycles. The molecule has 0 fully saturated rings. The Morgan fingerprint density at radius 3 is 2.79 bits per heavy atom. The van der Waals surface area contributed by atoms with Gasteiger partial charge in [-0.2, -0.15) is 0 Å². The third kappa shape index (κ3) is 3.72. The van der Waals surface area contributed by atoms with E-state index in [1.54, 1.807) is 0 Å². The fourth-order valence-corrected chi connectivity index (χ4v) is 3.83. The van der Waals surface area contributed by atoms with Gasteiger partial charge in [-0.1, -0.05) is 44.5 Å². The van der Waals surface area contributed by atoms with Gasteiger partial charge in [0.2, 0.25) is 0 Å². The molecular formula is C15H23N3S. The fourth-order valence-electron chi connectivity index (χ4n) is 2.42. The van der Waals surface area contributed by atoms with Crippen molar-refractivity contribution in [3.05, 3.63) is 30.1 Å². The summed E-state index contributed by atoms with van der Waals surface area (Å²) in [5.74, 6) is 0.776. The Bertz CT molecular complexity index is 415. The van der Waals surface area contributed by atoms with E-state index in [1.807, 2.05) is 30.1 Å². The van der Waals surface area contributed by atoms with E-state index in [0.29, 0.717) is 5.25 Å². The lowest BCUT2D eigenvalue weighted by molar-refractivity contribution is 0.479. The minimum absolute atomic E-state index is 0.216. The Morgan fingerprint density at radius 1 is 1.37 bits per heavy atom. The van der Waals surface area contributed by atoms with Crippen LogP contribution in [-0.4, -0.2) is 21.9 Å². The zero-order valence-electron chi connectivity index (χ0n) is 12.0. The number of aromatic nitrogens is 1. The van der Waals surface area contributed by atoms with E-state index >= 15 is 0 Å². The highest BCUT2D eigenvalue weighted by Gasteiger charge is 2.26. The van der Waals surface area contributed by atoms with Gasteiger partial charge in [-0.3, -0.25) is 9.98 Å². The van der Waals surface area contributed by atoms with E-state index in [9.17, 15) is 0 Å². The third-order valence-corrected chi connectivity index (χ3v) is 5.03. The van der Waals surface area contributed by atoms with Crippen molar-refractivity contribution >= 4 is 16.9 Å². The lowest BCUT2D eigenvalue weighted by Crippen LogP contribution is -2.25. The second-order valence-electron chi connectivity index (χ2n) is 5.00. The van der Waals surface area contributed by atoms with Crippen molar-refractivity contribution in [2.75, 3.05) is 6.54 Å². The predicted octanol–water partition coefficient (Wildman–Crippen LogP) is 3.64. The first-order chi connectivity index (χ1) is 9.24. The number of thioether (sulfide) groups is 1. The average Bonchev–Trinajstić information content (AvgIpc) is 2.89. The Kier molecular flexibility index (Phi) is 5.25. The average molecular weight is 277 g/mol. The molecule has 104 valence electrons. The first-order valence-corrected chi connectivity index (χ1v) is 8.01. The largest absolute Gasteiger partial charge is 0.357 e. The Hall–Kier alpha value is -1.03. The first kappa shape index (κ1) is 14.4. The number of hydrogen-bond acceptors (Lipinski definition) is 4. The van der Waals surface area contributed by atoms with Crippen LogP contribution in [0.1, 0.15) is 45.3 Å². The molecule has 1 aromatic heterocycles. The van der Waals surface area contributed by atoms with Crippen molar-refractivity contribution < 1.29 is 0 Å². The van der Waals surface area contributed by atoms with Crippen molar-refractivity contribution in [2.45, 2.75) is 44.9 Å².